The van der Waals surface area contributed by atoms with Gasteiger partial charge < -0.3 is 5.32 Å². The Hall–Kier alpha value is -2.04. The lowest BCUT2D eigenvalue weighted by molar-refractivity contribution is 0.899. The second-order valence-corrected chi connectivity index (χ2v) is 4.30. The Morgan fingerprint density at radius 3 is 2.94 bits per heavy atom. The van der Waals surface area contributed by atoms with E-state index in [1.165, 1.54) is 5.56 Å². The summed E-state index contributed by atoms with van der Waals surface area (Å²) in [4.78, 5) is 17.5. The first-order chi connectivity index (χ1) is 8.88. The monoisotopic (exact) mass is 241 g/mol. The Labute approximate surface area is 106 Å². The van der Waals surface area contributed by atoms with Crippen molar-refractivity contribution in [1.29, 1.82) is 0 Å². The predicted octanol–water partition coefficient (Wildman–Crippen LogP) is 1.85. The molecule has 92 valence electrons. The van der Waals surface area contributed by atoms with Crippen molar-refractivity contribution in [1.82, 2.24) is 19.9 Å². The van der Waals surface area contributed by atoms with E-state index in [9.17, 15) is 0 Å². The third kappa shape index (κ3) is 1.92. The normalized spacial score (nSPS) is 13.4. The van der Waals surface area contributed by atoms with Gasteiger partial charge in [0.25, 0.3) is 0 Å². The van der Waals surface area contributed by atoms with Crippen molar-refractivity contribution in [3.63, 3.8) is 0 Å². The van der Waals surface area contributed by atoms with Crippen LogP contribution >= 0.6 is 0 Å². The average Bonchev–Trinajstić information content (AvgIpc) is 2.88. The highest BCUT2D eigenvalue weighted by molar-refractivity contribution is 5.57. The summed E-state index contributed by atoms with van der Waals surface area (Å²) in [6.45, 7) is 2.94. The molecule has 0 spiro atoms. The molecule has 0 atom stereocenters. The molecular formula is C13H15N5. The molecule has 0 bridgehead atoms. The first-order valence-electron chi connectivity index (χ1n) is 6.28. The maximum absolute atomic E-state index is 4.61. The summed E-state index contributed by atoms with van der Waals surface area (Å²) in [5.74, 6) is 1.63. The van der Waals surface area contributed by atoms with E-state index in [0.29, 0.717) is 5.82 Å². The summed E-state index contributed by atoms with van der Waals surface area (Å²) in [5, 5.41) is 3.32. The van der Waals surface area contributed by atoms with Crippen molar-refractivity contribution in [2.45, 2.75) is 26.2 Å². The third-order valence-electron chi connectivity index (χ3n) is 3.07. The Morgan fingerprint density at radius 1 is 1.22 bits per heavy atom. The Balaban J connectivity index is 2.09. The molecule has 0 aromatic carbocycles. The van der Waals surface area contributed by atoms with Crippen molar-refractivity contribution < 1.29 is 0 Å². The number of fused-ring (bicyclic) bond motifs is 1. The van der Waals surface area contributed by atoms with Gasteiger partial charge in [-0.2, -0.15) is 0 Å². The van der Waals surface area contributed by atoms with Gasteiger partial charge in [0.05, 0.1) is 6.20 Å². The predicted molar refractivity (Wildman–Crippen MR) is 69.2 cm³/mol. The molecule has 0 amide bonds. The van der Waals surface area contributed by atoms with Crippen LogP contribution in [-0.2, 0) is 12.8 Å². The second-order valence-electron chi connectivity index (χ2n) is 4.30. The molecule has 1 N–H and O–H groups in total. The lowest BCUT2D eigenvalue weighted by Gasteiger charge is -2.10. The summed E-state index contributed by atoms with van der Waals surface area (Å²) in [7, 11) is 0. The molecule has 1 aliphatic rings. The van der Waals surface area contributed by atoms with Gasteiger partial charge in [0.1, 0.15) is 11.5 Å². The van der Waals surface area contributed by atoms with Crippen LogP contribution in [-0.4, -0.2) is 26.5 Å². The zero-order valence-corrected chi connectivity index (χ0v) is 10.3. The number of nitrogens with one attached hydrogen (secondary N) is 1. The Morgan fingerprint density at radius 2 is 2.17 bits per heavy atom. The highest BCUT2D eigenvalue weighted by atomic mass is 15.0. The summed E-state index contributed by atoms with van der Waals surface area (Å²) in [5.41, 5.74) is 3.15. The molecule has 2 heterocycles. The second kappa shape index (κ2) is 4.68. The number of aryl methyl sites for hydroxylation is 1. The van der Waals surface area contributed by atoms with Crippen LogP contribution in [0.4, 0.5) is 5.82 Å². The van der Waals surface area contributed by atoms with Gasteiger partial charge in [0, 0.05) is 30.2 Å². The van der Waals surface area contributed by atoms with Crippen LogP contribution in [0.5, 0.6) is 0 Å². The molecule has 0 radical (unpaired) electrons. The summed E-state index contributed by atoms with van der Waals surface area (Å²) >= 11 is 0. The van der Waals surface area contributed by atoms with Crippen LogP contribution in [0.25, 0.3) is 11.5 Å². The van der Waals surface area contributed by atoms with Crippen molar-refractivity contribution in [3.8, 4) is 11.5 Å². The number of hydrogen-bond acceptors (Lipinski definition) is 5. The average molecular weight is 241 g/mol. The molecule has 0 saturated heterocycles. The fourth-order valence-electron chi connectivity index (χ4n) is 2.28. The van der Waals surface area contributed by atoms with E-state index in [-0.39, 0.29) is 0 Å². The summed E-state index contributed by atoms with van der Waals surface area (Å²) < 4.78 is 0. The van der Waals surface area contributed by atoms with Gasteiger partial charge in [0.2, 0.25) is 0 Å². The molecule has 5 heteroatoms. The van der Waals surface area contributed by atoms with Gasteiger partial charge in [-0.25, -0.2) is 15.0 Å². The van der Waals surface area contributed by atoms with Crippen molar-refractivity contribution in [2.24, 2.45) is 0 Å². The van der Waals surface area contributed by atoms with Gasteiger partial charge in [0.15, 0.2) is 5.82 Å². The topological polar surface area (TPSA) is 63.6 Å². The Bertz CT molecular complexity index is 553. The maximum Gasteiger partial charge on any atom is 0.182 e. The molecule has 3 rings (SSSR count). The van der Waals surface area contributed by atoms with Crippen LogP contribution in [0.3, 0.4) is 0 Å². The van der Waals surface area contributed by atoms with E-state index in [1.807, 2.05) is 0 Å². The lowest BCUT2D eigenvalue weighted by atomic mass is 10.2. The molecule has 0 saturated carbocycles. The van der Waals surface area contributed by atoms with E-state index in [4.69, 9.17) is 0 Å². The SMILES string of the molecule is CCNc1nc(-c2cnccn2)nc2c1CCC2. The van der Waals surface area contributed by atoms with E-state index in [2.05, 4.69) is 32.2 Å². The van der Waals surface area contributed by atoms with Gasteiger partial charge in [-0.1, -0.05) is 0 Å². The molecular weight excluding hydrogens is 226 g/mol. The molecule has 2 aromatic heterocycles. The van der Waals surface area contributed by atoms with Gasteiger partial charge in [-0.15, -0.1) is 0 Å². The van der Waals surface area contributed by atoms with Crippen LogP contribution in [0.15, 0.2) is 18.6 Å². The van der Waals surface area contributed by atoms with Gasteiger partial charge >= 0.3 is 0 Å². The van der Waals surface area contributed by atoms with Crippen molar-refractivity contribution in [2.75, 3.05) is 11.9 Å². The standard InChI is InChI=1S/C13H15N5/c1-2-15-12-9-4-3-5-10(9)17-13(18-12)11-8-14-6-7-16-11/h6-8H,2-5H2,1H3,(H,15,17,18). The molecule has 2 aromatic rings. The minimum atomic E-state index is 0.666. The third-order valence-corrected chi connectivity index (χ3v) is 3.07. The van der Waals surface area contributed by atoms with E-state index in [1.54, 1.807) is 18.6 Å². The first kappa shape index (κ1) is 11.1. The fraction of sp³-hybridized carbons (Fsp3) is 0.385. The van der Waals surface area contributed by atoms with Crippen molar-refractivity contribution >= 4 is 5.82 Å². The highest BCUT2D eigenvalue weighted by Gasteiger charge is 2.19. The number of hydrogen-bond donors (Lipinski definition) is 1. The quantitative estimate of drug-likeness (QED) is 0.888. The summed E-state index contributed by atoms with van der Waals surface area (Å²) in [6, 6.07) is 0. The van der Waals surface area contributed by atoms with Crippen molar-refractivity contribution in [3.05, 3.63) is 29.8 Å². The fourth-order valence-corrected chi connectivity index (χ4v) is 2.28. The summed E-state index contributed by atoms with van der Waals surface area (Å²) in [6.07, 6.45) is 8.28. The van der Waals surface area contributed by atoms with Crippen LogP contribution in [0, 0.1) is 0 Å². The molecule has 5 nitrogen and oxygen atoms in total. The number of nitrogens with zero attached hydrogens (tertiary/aromatic N) is 4. The molecule has 0 fully saturated rings. The smallest absolute Gasteiger partial charge is 0.182 e. The van der Waals surface area contributed by atoms with Crippen LogP contribution < -0.4 is 5.32 Å². The number of anilines is 1. The number of rotatable bonds is 3. The lowest BCUT2D eigenvalue weighted by Crippen LogP contribution is -2.07. The zero-order valence-electron chi connectivity index (χ0n) is 10.3. The Kier molecular flexibility index (Phi) is 2.88. The molecule has 0 aliphatic heterocycles. The van der Waals surface area contributed by atoms with E-state index in [0.717, 1.165) is 43.0 Å². The van der Waals surface area contributed by atoms with Crippen LogP contribution in [0.2, 0.25) is 0 Å². The molecule has 1 aliphatic carbocycles. The molecule has 0 unspecified atom stereocenters. The van der Waals surface area contributed by atoms with E-state index < -0.39 is 0 Å². The van der Waals surface area contributed by atoms with Gasteiger partial charge in [-0.3, -0.25) is 4.98 Å². The maximum atomic E-state index is 4.61. The zero-order chi connectivity index (χ0) is 12.4. The molecule has 18 heavy (non-hydrogen) atoms. The minimum Gasteiger partial charge on any atom is -0.370 e. The van der Waals surface area contributed by atoms with Crippen LogP contribution in [0.1, 0.15) is 24.6 Å². The largest absolute Gasteiger partial charge is 0.370 e. The number of aromatic nitrogens is 4. The van der Waals surface area contributed by atoms with E-state index >= 15 is 0 Å². The van der Waals surface area contributed by atoms with Gasteiger partial charge in [-0.05, 0) is 26.2 Å². The first-order valence-corrected chi connectivity index (χ1v) is 6.28. The highest BCUT2D eigenvalue weighted by Crippen LogP contribution is 2.28. The minimum absolute atomic E-state index is 0.666.